The predicted molar refractivity (Wildman–Crippen MR) is 74.9 cm³/mol. The van der Waals surface area contributed by atoms with Crippen LogP contribution in [0, 0.1) is 0 Å². The van der Waals surface area contributed by atoms with Gasteiger partial charge < -0.3 is 19.3 Å². The number of methoxy groups -OCH3 is 1. The molecule has 1 fully saturated rings. The zero-order chi connectivity index (χ0) is 14.8. The second-order valence-corrected chi connectivity index (χ2v) is 5.38. The molecule has 1 rings (SSSR count). The molecule has 0 aromatic rings. The summed E-state index contributed by atoms with van der Waals surface area (Å²) in [5, 5.41) is 12.4. The van der Waals surface area contributed by atoms with Gasteiger partial charge in [-0.25, -0.2) is 0 Å². The number of rotatable bonds is 13. The van der Waals surface area contributed by atoms with Gasteiger partial charge >= 0.3 is 5.97 Å². The number of ether oxygens (including phenoxy) is 3. The molecule has 1 unspecified atom stereocenters. The molecule has 2 N–H and O–H groups in total. The molecule has 0 aromatic carbocycles. The van der Waals surface area contributed by atoms with Gasteiger partial charge in [-0.1, -0.05) is 0 Å². The van der Waals surface area contributed by atoms with E-state index < -0.39 is 11.5 Å². The highest BCUT2D eigenvalue weighted by molar-refractivity contribution is 5.78. The van der Waals surface area contributed by atoms with Crippen LogP contribution in [0.3, 0.4) is 0 Å². The maximum atomic E-state index is 11.3. The molecule has 1 saturated carbocycles. The maximum absolute atomic E-state index is 11.3. The Labute approximate surface area is 120 Å². The lowest BCUT2D eigenvalue weighted by Crippen LogP contribution is -2.51. The molecule has 6 heteroatoms. The van der Waals surface area contributed by atoms with Crippen LogP contribution in [0.15, 0.2) is 0 Å². The number of nitrogens with one attached hydrogen (secondary N) is 1. The van der Waals surface area contributed by atoms with Crippen LogP contribution in [0.2, 0.25) is 0 Å². The van der Waals surface area contributed by atoms with Crippen molar-refractivity contribution in [2.45, 2.75) is 44.2 Å². The van der Waals surface area contributed by atoms with Crippen molar-refractivity contribution in [2.24, 2.45) is 0 Å². The molecule has 0 spiro atoms. The summed E-state index contributed by atoms with van der Waals surface area (Å²) in [7, 11) is 1.66. The van der Waals surface area contributed by atoms with Crippen LogP contribution in [0.4, 0.5) is 0 Å². The summed E-state index contributed by atoms with van der Waals surface area (Å²) in [4.78, 5) is 11.3. The highest BCUT2D eigenvalue weighted by Gasteiger charge is 2.38. The Kier molecular flexibility index (Phi) is 8.06. The zero-order valence-electron chi connectivity index (χ0n) is 12.5. The number of aliphatic carboxylic acids is 1. The van der Waals surface area contributed by atoms with Crippen LogP contribution >= 0.6 is 0 Å². The van der Waals surface area contributed by atoms with Crippen molar-refractivity contribution < 1.29 is 24.1 Å². The van der Waals surface area contributed by atoms with Crippen LogP contribution in [-0.2, 0) is 19.0 Å². The van der Waals surface area contributed by atoms with Crippen molar-refractivity contribution in [3.05, 3.63) is 0 Å². The Morgan fingerprint density at radius 2 is 1.85 bits per heavy atom. The van der Waals surface area contributed by atoms with E-state index in [0.717, 1.165) is 19.3 Å². The van der Waals surface area contributed by atoms with Gasteiger partial charge in [0.1, 0.15) is 5.54 Å². The first-order chi connectivity index (χ1) is 9.58. The molecule has 1 aliphatic carbocycles. The average Bonchev–Trinajstić information content (AvgIpc) is 3.20. The summed E-state index contributed by atoms with van der Waals surface area (Å²) in [6.45, 7) is 4.52. The van der Waals surface area contributed by atoms with Gasteiger partial charge in [-0.2, -0.15) is 0 Å². The Morgan fingerprint density at radius 3 is 2.40 bits per heavy atom. The number of hydrogen-bond donors (Lipinski definition) is 2. The standard InChI is InChI=1S/C14H27NO5/c1-14(13(16)17,15-12-4-5-12)6-9-20-11-10-19-8-3-7-18-2/h12,15H,3-11H2,1-2H3,(H,16,17). The van der Waals surface area contributed by atoms with E-state index >= 15 is 0 Å². The fourth-order valence-electron chi connectivity index (χ4n) is 1.82. The Balaban J connectivity index is 2.01. The summed E-state index contributed by atoms with van der Waals surface area (Å²) >= 11 is 0. The lowest BCUT2D eigenvalue weighted by atomic mass is 9.98. The van der Waals surface area contributed by atoms with E-state index in [0.29, 0.717) is 45.5 Å². The first-order valence-corrected chi connectivity index (χ1v) is 7.24. The van der Waals surface area contributed by atoms with Gasteiger partial charge in [-0.3, -0.25) is 10.1 Å². The molecular formula is C14H27NO5. The molecule has 1 aliphatic rings. The van der Waals surface area contributed by atoms with Crippen LogP contribution in [0.5, 0.6) is 0 Å². The summed E-state index contributed by atoms with van der Waals surface area (Å²) < 4.78 is 15.7. The van der Waals surface area contributed by atoms with Crippen LogP contribution in [-0.4, -0.2) is 62.8 Å². The van der Waals surface area contributed by atoms with E-state index in [2.05, 4.69) is 5.32 Å². The van der Waals surface area contributed by atoms with Crippen LogP contribution in [0.25, 0.3) is 0 Å². The van der Waals surface area contributed by atoms with E-state index in [9.17, 15) is 9.90 Å². The Morgan fingerprint density at radius 1 is 1.20 bits per heavy atom. The van der Waals surface area contributed by atoms with Crippen LogP contribution < -0.4 is 5.32 Å². The molecule has 0 saturated heterocycles. The van der Waals surface area contributed by atoms with Crippen LogP contribution in [0.1, 0.15) is 32.6 Å². The lowest BCUT2D eigenvalue weighted by Gasteiger charge is -2.26. The van der Waals surface area contributed by atoms with Crippen molar-refractivity contribution in [1.82, 2.24) is 5.32 Å². The average molecular weight is 289 g/mol. The molecule has 0 aromatic heterocycles. The van der Waals surface area contributed by atoms with Crippen molar-refractivity contribution >= 4 is 5.97 Å². The fourth-order valence-corrected chi connectivity index (χ4v) is 1.82. The van der Waals surface area contributed by atoms with E-state index in [-0.39, 0.29) is 0 Å². The minimum Gasteiger partial charge on any atom is -0.480 e. The topological polar surface area (TPSA) is 77.0 Å². The second kappa shape index (κ2) is 9.28. The zero-order valence-corrected chi connectivity index (χ0v) is 12.5. The first-order valence-electron chi connectivity index (χ1n) is 7.24. The molecule has 20 heavy (non-hydrogen) atoms. The number of carboxylic acid groups (broad SMARTS) is 1. The SMILES string of the molecule is COCCCOCCOCCC(C)(NC1CC1)C(=O)O. The lowest BCUT2D eigenvalue weighted by molar-refractivity contribution is -0.145. The predicted octanol–water partition coefficient (Wildman–Crippen LogP) is 1.04. The van der Waals surface area contributed by atoms with Gasteiger partial charge in [0, 0.05) is 33.0 Å². The van der Waals surface area contributed by atoms with Crippen molar-refractivity contribution in [3.8, 4) is 0 Å². The van der Waals surface area contributed by atoms with Crippen molar-refractivity contribution in [3.63, 3.8) is 0 Å². The normalized spacial score (nSPS) is 17.9. The monoisotopic (exact) mass is 289 g/mol. The quantitative estimate of drug-likeness (QED) is 0.493. The van der Waals surface area contributed by atoms with Gasteiger partial charge in [0.2, 0.25) is 0 Å². The third kappa shape index (κ3) is 7.19. The smallest absolute Gasteiger partial charge is 0.323 e. The largest absolute Gasteiger partial charge is 0.480 e. The number of carbonyl (C=O) groups is 1. The Hall–Kier alpha value is -0.690. The van der Waals surface area contributed by atoms with Gasteiger partial charge in [0.05, 0.1) is 13.2 Å². The fraction of sp³-hybridized carbons (Fsp3) is 0.929. The summed E-state index contributed by atoms with van der Waals surface area (Å²) in [6.07, 6.45) is 3.47. The maximum Gasteiger partial charge on any atom is 0.323 e. The molecule has 0 amide bonds. The van der Waals surface area contributed by atoms with Gasteiger partial charge in [-0.05, 0) is 32.6 Å². The molecule has 0 radical (unpaired) electrons. The molecule has 0 heterocycles. The highest BCUT2D eigenvalue weighted by Crippen LogP contribution is 2.24. The molecule has 1 atom stereocenters. The van der Waals surface area contributed by atoms with Crippen molar-refractivity contribution in [2.75, 3.05) is 40.1 Å². The van der Waals surface area contributed by atoms with Gasteiger partial charge in [-0.15, -0.1) is 0 Å². The minimum absolute atomic E-state index is 0.361. The third-order valence-electron chi connectivity index (χ3n) is 3.33. The van der Waals surface area contributed by atoms with Gasteiger partial charge in [0.25, 0.3) is 0 Å². The first kappa shape index (κ1) is 17.4. The van der Waals surface area contributed by atoms with Gasteiger partial charge in [0.15, 0.2) is 0 Å². The van der Waals surface area contributed by atoms with Crippen molar-refractivity contribution in [1.29, 1.82) is 0 Å². The Bertz CT molecular complexity index is 283. The van der Waals surface area contributed by atoms with E-state index in [1.165, 1.54) is 0 Å². The minimum atomic E-state index is -0.888. The summed E-state index contributed by atoms with van der Waals surface area (Å²) in [6, 6.07) is 0.361. The molecule has 0 aliphatic heterocycles. The molecule has 0 bridgehead atoms. The van der Waals surface area contributed by atoms with E-state index in [1.54, 1.807) is 14.0 Å². The highest BCUT2D eigenvalue weighted by atomic mass is 16.5. The second-order valence-electron chi connectivity index (χ2n) is 5.38. The molecule has 6 nitrogen and oxygen atoms in total. The number of hydrogen-bond acceptors (Lipinski definition) is 5. The molecular weight excluding hydrogens is 262 g/mol. The molecule has 118 valence electrons. The number of carboxylic acids is 1. The summed E-state index contributed by atoms with van der Waals surface area (Å²) in [5.41, 5.74) is -0.888. The summed E-state index contributed by atoms with van der Waals surface area (Å²) in [5.74, 6) is -0.816. The van der Waals surface area contributed by atoms with E-state index in [4.69, 9.17) is 14.2 Å². The van der Waals surface area contributed by atoms with E-state index in [1.807, 2.05) is 0 Å². The third-order valence-corrected chi connectivity index (χ3v) is 3.33.